The van der Waals surface area contributed by atoms with Crippen LogP contribution in [0.4, 0.5) is 11.4 Å². The molecule has 0 saturated carbocycles. The molecule has 2 aromatic heterocycles. The van der Waals surface area contributed by atoms with E-state index < -0.39 is 0 Å². The number of rotatable bonds is 4. The summed E-state index contributed by atoms with van der Waals surface area (Å²) in [6, 6.07) is 35.2. The van der Waals surface area contributed by atoms with Crippen molar-refractivity contribution in [3.63, 3.8) is 0 Å². The molecule has 5 rings (SSSR count). The fourth-order valence-electron chi connectivity index (χ4n) is 3.50. The molecular formula is C25H19N3. The molecule has 0 radical (unpaired) electrons. The van der Waals surface area contributed by atoms with Crippen LogP contribution < -0.4 is 5.32 Å². The van der Waals surface area contributed by atoms with Crippen molar-refractivity contribution in [2.45, 2.75) is 0 Å². The van der Waals surface area contributed by atoms with Crippen molar-refractivity contribution in [1.82, 2.24) is 9.38 Å². The van der Waals surface area contributed by atoms with E-state index in [1.54, 1.807) is 0 Å². The van der Waals surface area contributed by atoms with E-state index >= 15 is 0 Å². The molecule has 0 unspecified atom stereocenters. The molecule has 1 N–H and O–H groups in total. The predicted molar refractivity (Wildman–Crippen MR) is 116 cm³/mol. The topological polar surface area (TPSA) is 29.3 Å². The Morgan fingerprint density at radius 3 is 2.11 bits per heavy atom. The van der Waals surface area contributed by atoms with Crippen LogP contribution in [-0.4, -0.2) is 9.38 Å². The number of aromatic nitrogens is 2. The quantitative estimate of drug-likeness (QED) is 0.401. The van der Waals surface area contributed by atoms with Crippen LogP contribution in [0, 0.1) is 0 Å². The lowest BCUT2D eigenvalue weighted by Gasteiger charge is -2.09. The molecular weight excluding hydrogens is 342 g/mol. The maximum Gasteiger partial charge on any atom is 0.137 e. The number of nitrogens with zero attached hydrogens (tertiary/aromatic N) is 2. The maximum absolute atomic E-state index is 4.94. The lowest BCUT2D eigenvalue weighted by molar-refractivity contribution is 1.19. The van der Waals surface area contributed by atoms with Gasteiger partial charge in [0.2, 0.25) is 0 Å². The summed E-state index contributed by atoms with van der Waals surface area (Å²) in [4.78, 5) is 4.94. The number of pyridine rings is 1. The van der Waals surface area contributed by atoms with Crippen molar-refractivity contribution < 1.29 is 0 Å². The average Bonchev–Trinajstić information content (AvgIpc) is 3.15. The van der Waals surface area contributed by atoms with Crippen molar-refractivity contribution in [2.24, 2.45) is 0 Å². The van der Waals surface area contributed by atoms with Crippen LogP contribution in [0.25, 0.3) is 28.2 Å². The third-order valence-corrected chi connectivity index (χ3v) is 4.78. The zero-order valence-corrected chi connectivity index (χ0v) is 15.3. The van der Waals surface area contributed by atoms with E-state index in [9.17, 15) is 0 Å². The minimum absolute atomic E-state index is 0.942. The van der Waals surface area contributed by atoms with Crippen LogP contribution in [-0.2, 0) is 0 Å². The number of anilines is 2. The number of benzene rings is 3. The molecule has 3 nitrogen and oxygen atoms in total. The SMILES string of the molecule is c1ccc(Nc2cccc(-c3nc4ccccn4c3-c3ccccc3)c2)cc1. The molecule has 0 atom stereocenters. The zero-order chi connectivity index (χ0) is 18.8. The minimum atomic E-state index is 0.942. The van der Waals surface area contributed by atoms with Crippen molar-refractivity contribution in [3.05, 3.63) is 109 Å². The van der Waals surface area contributed by atoms with Crippen LogP contribution in [0.3, 0.4) is 0 Å². The molecule has 2 heterocycles. The lowest BCUT2D eigenvalue weighted by Crippen LogP contribution is -1.91. The standard InChI is InChI=1S/C25H19N3/c1-3-10-19(11-4-1)25-24(27-23-16-7-8-17-28(23)25)20-12-9-15-22(18-20)26-21-13-5-2-6-14-21/h1-18,26H. The molecule has 0 bridgehead atoms. The largest absolute Gasteiger partial charge is 0.356 e. The van der Waals surface area contributed by atoms with Crippen LogP contribution in [0.2, 0.25) is 0 Å². The Kier molecular flexibility index (Phi) is 4.11. The smallest absolute Gasteiger partial charge is 0.137 e. The molecule has 0 saturated heterocycles. The maximum atomic E-state index is 4.94. The molecule has 3 heteroatoms. The van der Waals surface area contributed by atoms with Crippen molar-refractivity contribution >= 4 is 17.0 Å². The van der Waals surface area contributed by atoms with Gasteiger partial charge in [0.1, 0.15) is 5.65 Å². The van der Waals surface area contributed by atoms with Gasteiger partial charge in [-0.15, -0.1) is 0 Å². The summed E-state index contributed by atoms with van der Waals surface area (Å²) in [6.45, 7) is 0. The Bertz CT molecular complexity index is 1220. The van der Waals surface area contributed by atoms with Crippen molar-refractivity contribution in [1.29, 1.82) is 0 Å². The Labute approximate surface area is 163 Å². The number of hydrogen-bond acceptors (Lipinski definition) is 2. The molecule has 0 aliphatic rings. The van der Waals surface area contributed by atoms with Crippen LogP contribution in [0.1, 0.15) is 0 Å². The summed E-state index contributed by atoms with van der Waals surface area (Å²) < 4.78 is 2.15. The van der Waals surface area contributed by atoms with E-state index in [4.69, 9.17) is 4.98 Å². The van der Waals surface area contributed by atoms with Gasteiger partial charge in [-0.05, 0) is 36.4 Å². The van der Waals surface area contributed by atoms with Gasteiger partial charge < -0.3 is 5.32 Å². The third-order valence-electron chi connectivity index (χ3n) is 4.78. The fourth-order valence-corrected chi connectivity index (χ4v) is 3.50. The average molecular weight is 361 g/mol. The molecule has 5 aromatic rings. The molecule has 0 amide bonds. The highest BCUT2D eigenvalue weighted by molar-refractivity contribution is 5.83. The van der Waals surface area contributed by atoms with Gasteiger partial charge in [0.15, 0.2) is 0 Å². The van der Waals surface area contributed by atoms with E-state index in [1.807, 2.05) is 42.5 Å². The molecule has 28 heavy (non-hydrogen) atoms. The Hall–Kier alpha value is -3.85. The third kappa shape index (κ3) is 3.03. The Balaban J connectivity index is 1.65. The normalized spacial score (nSPS) is 10.9. The van der Waals surface area contributed by atoms with E-state index in [-0.39, 0.29) is 0 Å². The first-order valence-corrected chi connectivity index (χ1v) is 9.33. The van der Waals surface area contributed by atoms with Crippen molar-refractivity contribution in [3.8, 4) is 22.5 Å². The number of nitrogens with one attached hydrogen (secondary N) is 1. The second kappa shape index (κ2) is 7.05. The minimum Gasteiger partial charge on any atom is -0.356 e. The second-order valence-electron chi connectivity index (χ2n) is 6.68. The van der Waals surface area contributed by atoms with Gasteiger partial charge in [-0.1, -0.05) is 66.7 Å². The summed E-state index contributed by atoms with van der Waals surface area (Å²) in [7, 11) is 0. The van der Waals surface area contributed by atoms with Gasteiger partial charge in [-0.3, -0.25) is 4.40 Å². The Morgan fingerprint density at radius 1 is 0.607 bits per heavy atom. The van der Waals surface area contributed by atoms with E-state index in [2.05, 4.69) is 76.6 Å². The highest BCUT2D eigenvalue weighted by Crippen LogP contribution is 2.34. The summed E-state index contributed by atoms with van der Waals surface area (Å²) in [5, 5.41) is 3.47. The number of imidazole rings is 1. The highest BCUT2D eigenvalue weighted by Gasteiger charge is 2.15. The number of hydrogen-bond donors (Lipinski definition) is 1. The molecule has 0 fully saturated rings. The van der Waals surface area contributed by atoms with Crippen LogP contribution >= 0.6 is 0 Å². The fraction of sp³-hybridized carbons (Fsp3) is 0. The van der Waals surface area contributed by atoms with Gasteiger partial charge in [0.25, 0.3) is 0 Å². The van der Waals surface area contributed by atoms with E-state index in [0.29, 0.717) is 0 Å². The number of fused-ring (bicyclic) bond motifs is 1. The first kappa shape index (κ1) is 16.3. The molecule has 0 aliphatic carbocycles. The van der Waals surface area contributed by atoms with E-state index in [1.165, 1.54) is 0 Å². The summed E-state index contributed by atoms with van der Waals surface area (Å²) >= 11 is 0. The zero-order valence-electron chi connectivity index (χ0n) is 15.3. The van der Waals surface area contributed by atoms with Gasteiger partial charge in [-0.25, -0.2) is 4.98 Å². The van der Waals surface area contributed by atoms with Gasteiger partial charge in [0.05, 0.1) is 11.4 Å². The van der Waals surface area contributed by atoms with Crippen LogP contribution in [0.15, 0.2) is 109 Å². The molecule has 0 aliphatic heterocycles. The van der Waals surface area contributed by atoms with Gasteiger partial charge >= 0.3 is 0 Å². The van der Waals surface area contributed by atoms with Crippen LogP contribution in [0.5, 0.6) is 0 Å². The Morgan fingerprint density at radius 2 is 1.29 bits per heavy atom. The van der Waals surface area contributed by atoms with E-state index in [0.717, 1.165) is 39.5 Å². The first-order chi connectivity index (χ1) is 13.9. The van der Waals surface area contributed by atoms with Crippen molar-refractivity contribution in [2.75, 3.05) is 5.32 Å². The summed E-state index contributed by atoms with van der Waals surface area (Å²) in [5.41, 5.74) is 7.37. The molecule has 3 aromatic carbocycles. The monoisotopic (exact) mass is 361 g/mol. The number of para-hydroxylation sites is 1. The first-order valence-electron chi connectivity index (χ1n) is 9.33. The summed E-state index contributed by atoms with van der Waals surface area (Å²) in [6.07, 6.45) is 2.07. The predicted octanol–water partition coefficient (Wildman–Crippen LogP) is 6.41. The molecule has 134 valence electrons. The van der Waals surface area contributed by atoms with Gasteiger partial charge in [0, 0.05) is 28.7 Å². The second-order valence-corrected chi connectivity index (χ2v) is 6.68. The van der Waals surface area contributed by atoms with Gasteiger partial charge in [-0.2, -0.15) is 0 Å². The lowest BCUT2D eigenvalue weighted by atomic mass is 10.0. The molecule has 0 spiro atoms. The summed E-state index contributed by atoms with van der Waals surface area (Å²) in [5.74, 6) is 0. The highest BCUT2D eigenvalue weighted by atomic mass is 15.0.